The second-order valence-corrected chi connectivity index (χ2v) is 7.78. The van der Waals surface area contributed by atoms with Gasteiger partial charge < -0.3 is 5.32 Å². The second kappa shape index (κ2) is 8.63. The van der Waals surface area contributed by atoms with Crippen LogP contribution in [0.15, 0.2) is 59.0 Å². The summed E-state index contributed by atoms with van der Waals surface area (Å²) in [7, 11) is 0. The Balaban J connectivity index is 1.83. The van der Waals surface area contributed by atoms with Crippen molar-refractivity contribution in [2.24, 2.45) is 0 Å². The van der Waals surface area contributed by atoms with E-state index >= 15 is 0 Å². The average molecular weight is 414 g/mol. The number of amides is 1. The first kappa shape index (κ1) is 20.2. The molecule has 2 aromatic carbocycles. The third kappa shape index (κ3) is 4.46. The predicted molar refractivity (Wildman–Crippen MR) is 116 cm³/mol. The van der Waals surface area contributed by atoms with Gasteiger partial charge in [0.25, 0.3) is 5.56 Å². The van der Waals surface area contributed by atoms with Gasteiger partial charge in [0, 0.05) is 17.3 Å². The fourth-order valence-electron chi connectivity index (χ4n) is 2.72. The summed E-state index contributed by atoms with van der Waals surface area (Å²) >= 11 is 7.24. The molecule has 0 bridgehead atoms. The van der Waals surface area contributed by atoms with E-state index in [1.165, 1.54) is 21.9 Å². The molecule has 0 aliphatic heterocycles. The highest BCUT2D eigenvalue weighted by molar-refractivity contribution is 7.99. The largest absolute Gasteiger partial charge is 0.325 e. The van der Waals surface area contributed by atoms with E-state index in [0.29, 0.717) is 27.6 Å². The van der Waals surface area contributed by atoms with Gasteiger partial charge in [0.05, 0.1) is 16.7 Å². The second-order valence-electron chi connectivity index (χ2n) is 6.40. The molecule has 1 heterocycles. The molecule has 1 amide bonds. The number of aromatic nitrogens is 2. The number of allylic oxidation sites excluding steroid dienone is 1. The Kier molecular flexibility index (Phi) is 6.21. The number of anilines is 1. The first-order valence-electron chi connectivity index (χ1n) is 8.70. The SMILES string of the molecule is C=CCn1c(SCC(=O)Nc2ccc(C)c(C)c2)nc2cc(Cl)ccc2c1=O. The maximum absolute atomic E-state index is 12.8. The van der Waals surface area contributed by atoms with Crippen LogP contribution in [0.4, 0.5) is 5.69 Å². The van der Waals surface area contributed by atoms with Gasteiger partial charge in [-0.3, -0.25) is 14.2 Å². The number of nitrogens with zero attached hydrogens (tertiary/aromatic N) is 2. The van der Waals surface area contributed by atoms with Crippen molar-refractivity contribution in [3.8, 4) is 0 Å². The average Bonchev–Trinajstić information content (AvgIpc) is 2.65. The fourth-order valence-corrected chi connectivity index (χ4v) is 3.70. The van der Waals surface area contributed by atoms with Gasteiger partial charge in [0.15, 0.2) is 5.16 Å². The molecule has 0 radical (unpaired) electrons. The standard InChI is InChI=1S/C21H20ClN3O2S/c1-4-9-25-20(27)17-8-6-15(22)11-18(17)24-21(25)28-12-19(26)23-16-7-5-13(2)14(3)10-16/h4-8,10-11H,1,9,12H2,2-3H3,(H,23,26). The Hall–Kier alpha value is -2.57. The number of hydrogen-bond acceptors (Lipinski definition) is 4. The molecule has 0 saturated carbocycles. The fraction of sp³-hybridized carbons (Fsp3) is 0.190. The van der Waals surface area contributed by atoms with Gasteiger partial charge in [0.1, 0.15) is 0 Å². The monoisotopic (exact) mass is 413 g/mol. The summed E-state index contributed by atoms with van der Waals surface area (Å²) in [6.45, 7) is 8.03. The Morgan fingerprint density at radius 3 is 2.75 bits per heavy atom. The van der Waals surface area contributed by atoms with Crippen molar-refractivity contribution in [2.45, 2.75) is 25.5 Å². The van der Waals surface area contributed by atoms with Crippen LogP contribution < -0.4 is 10.9 Å². The van der Waals surface area contributed by atoms with Gasteiger partial charge in [-0.1, -0.05) is 35.5 Å². The quantitative estimate of drug-likeness (QED) is 0.365. The molecule has 5 nitrogen and oxygen atoms in total. The van der Waals surface area contributed by atoms with Crippen LogP contribution in [0.3, 0.4) is 0 Å². The number of benzene rings is 2. The van der Waals surface area contributed by atoms with Crippen molar-refractivity contribution < 1.29 is 4.79 Å². The number of hydrogen-bond donors (Lipinski definition) is 1. The van der Waals surface area contributed by atoms with Crippen LogP contribution in [0.2, 0.25) is 5.02 Å². The molecule has 3 aromatic rings. The first-order chi connectivity index (χ1) is 13.4. The third-order valence-electron chi connectivity index (χ3n) is 4.32. The highest BCUT2D eigenvalue weighted by atomic mass is 35.5. The molecule has 0 atom stereocenters. The zero-order chi connectivity index (χ0) is 20.3. The minimum Gasteiger partial charge on any atom is -0.325 e. The Morgan fingerprint density at radius 2 is 2.04 bits per heavy atom. The smallest absolute Gasteiger partial charge is 0.262 e. The number of fused-ring (bicyclic) bond motifs is 1. The summed E-state index contributed by atoms with van der Waals surface area (Å²) in [4.78, 5) is 29.7. The molecule has 0 spiro atoms. The molecule has 1 aromatic heterocycles. The van der Waals surface area contributed by atoms with Gasteiger partial charge in [-0.05, 0) is 55.3 Å². The lowest BCUT2D eigenvalue weighted by Crippen LogP contribution is -2.23. The molecule has 3 rings (SSSR count). The Morgan fingerprint density at radius 1 is 1.25 bits per heavy atom. The van der Waals surface area contributed by atoms with E-state index in [-0.39, 0.29) is 17.2 Å². The summed E-state index contributed by atoms with van der Waals surface area (Å²) in [5, 5.41) is 4.32. The summed E-state index contributed by atoms with van der Waals surface area (Å²) < 4.78 is 1.51. The van der Waals surface area contributed by atoms with Gasteiger partial charge >= 0.3 is 0 Å². The molecule has 0 saturated heterocycles. The topological polar surface area (TPSA) is 64.0 Å². The lowest BCUT2D eigenvalue weighted by molar-refractivity contribution is -0.113. The molecule has 0 fully saturated rings. The van der Waals surface area contributed by atoms with Crippen LogP contribution >= 0.6 is 23.4 Å². The summed E-state index contributed by atoms with van der Waals surface area (Å²) in [6, 6.07) is 10.7. The van der Waals surface area contributed by atoms with Crippen LogP contribution in [0.5, 0.6) is 0 Å². The molecular weight excluding hydrogens is 394 g/mol. The van der Waals surface area contributed by atoms with Crippen molar-refractivity contribution in [3.63, 3.8) is 0 Å². The number of rotatable bonds is 6. The summed E-state index contributed by atoms with van der Waals surface area (Å²) in [6.07, 6.45) is 1.63. The summed E-state index contributed by atoms with van der Waals surface area (Å²) in [5.74, 6) is -0.0402. The normalized spacial score (nSPS) is 10.8. The van der Waals surface area contributed by atoms with E-state index in [0.717, 1.165) is 11.3 Å². The molecular formula is C21H20ClN3O2S. The molecule has 0 aliphatic carbocycles. The van der Waals surface area contributed by atoms with Gasteiger partial charge in [0.2, 0.25) is 5.91 Å². The van der Waals surface area contributed by atoms with Gasteiger partial charge in [-0.15, -0.1) is 6.58 Å². The molecule has 0 unspecified atom stereocenters. The van der Waals surface area contributed by atoms with Crippen LogP contribution in [0.25, 0.3) is 10.9 Å². The Labute approximate surface area is 172 Å². The minimum absolute atomic E-state index is 0.128. The minimum atomic E-state index is -0.182. The highest BCUT2D eigenvalue weighted by Crippen LogP contribution is 2.21. The highest BCUT2D eigenvalue weighted by Gasteiger charge is 2.13. The van der Waals surface area contributed by atoms with E-state index < -0.39 is 0 Å². The number of carbonyl (C=O) groups excluding carboxylic acids is 1. The van der Waals surface area contributed by atoms with Crippen molar-refractivity contribution >= 4 is 45.9 Å². The van der Waals surface area contributed by atoms with Crippen LogP contribution in [-0.4, -0.2) is 21.2 Å². The van der Waals surface area contributed by atoms with E-state index in [1.54, 1.807) is 24.3 Å². The van der Waals surface area contributed by atoms with Crippen LogP contribution in [0, 0.1) is 13.8 Å². The number of aryl methyl sites for hydroxylation is 2. The molecule has 144 valence electrons. The number of carbonyl (C=O) groups is 1. The van der Waals surface area contributed by atoms with Crippen molar-refractivity contribution in [1.29, 1.82) is 0 Å². The first-order valence-corrected chi connectivity index (χ1v) is 10.1. The van der Waals surface area contributed by atoms with Crippen molar-refractivity contribution in [1.82, 2.24) is 9.55 Å². The van der Waals surface area contributed by atoms with E-state index in [9.17, 15) is 9.59 Å². The number of thioether (sulfide) groups is 1. The molecule has 1 N–H and O–H groups in total. The number of halogens is 1. The van der Waals surface area contributed by atoms with Crippen LogP contribution in [-0.2, 0) is 11.3 Å². The Bertz CT molecular complexity index is 1120. The third-order valence-corrected chi connectivity index (χ3v) is 5.53. The van der Waals surface area contributed by atoms with E-state index in [1.807, 2.05) is 32.0 Å². The van der Waals surface area contributed by atoms with E-state index in [2.05, 4.69) is 16.9 Å². The van der Waals surface area contributed by atoms with Crippen molar-refractivity contribution in [3.05, 3.63) is 75.6 Å². The lowest BCUT2D eigenvalue weighted by atomic mass is 10.1. The van der Waals surface area contributed by atoms with Gasteiger partial charge in [-0.2, -0.15) is 0 Å². The molecule has 0 aliphatic rings. The zero-order valence-corrected chi connectivity index (χ0v) is 17.2. The van der Waals surface area contributed by atoms with Crippen LogP contribution in [0.1, 0.15) is 11.1 Å². The number of nitrogens with one attached hydrogen (secondary N) is 1. The summed E-state index contributed by atoms with van der Waals surface area (Å²) in [5.41, 5.74) is 3.35. The molecule has 28 heavy (non-hydrogen) atoms. The van der Waals surface area contributed by atoms with E-state index in [4.69, 9.17) is 11.6 Å². The maximum atomic E-state index is 12.8. The van der Waals surface area contributed by atoms with Crippen molar-refractivity contribution in [2.75, 3.05) is 11.1 Å². The maximum Gasteiger partial charge on any atom is 0.262 e. The molecule has 7 heteroatoms. The predicted octanol–water partition coefficient (Wildman–Crippen LogP) is 4.58. The van der Waals surface area contributed by atoms with Gasteiger partial charge in [-0.25, -0.2) is 4.98 Å². The lowest BCUT2D eigenvalue weighted by Gasteiger charge is -2.12. The zero-order valence-electron chi connectivity index (χ0n) is 15.7.